The van der Waals surface area contributed by atoms with Crippen molar-refractivity contribution in [3.63, 3.8) is 0 Å². The van der Waals surface area contributed by atoms with Crippen molar-refractivity contribution in [2.45, 2.75) is 31.5 Å². The molecule has 33 heavy (non-hydrogen) atoms. The Morgan fingerprint density at radius 2 is 1.94 bits per heavy atom. The summed E-state index contributed by atoms with van der Waals surface area (Å²) in [6.07, 6.45) is 3.58. The van der Waals surface area contributed by atoms with Crippen LogP contribution < -0.4 is 10.9 Å². The molecule has 9 heteroatoms. The largest absolute Gasteiger partial charge is 0.355 e. The molecule has 0 fully saturated rings. The second-order valence-electron chi connectivity index (χ2n) is 7.46. The third kappa shape index (κ3) is 5.27. The highest BCUT2D eigenvalue weighted by atomic mass is 35.5. The van der Waals surface area contributed by atoms with Crippen LogP contribution in [0.3, 0.4) is 0 Å². The maximum absolute atomic E-state index is 13.3. The van der Waals surface area contributed by atoms with Crippen molar-refractivity contribution in [3.8, 4) is 11.1 Å². The molecule has 0 aliphatic rings. The molecule has 2 N–H and O–H groups in total. The third-order valence-corrected chi connectivity index (χ3v) is 6.82. The first-order valence-electron chi connectivity index (χ1n) is 10.5. The van der Waals surface area contributed by atoms with E-state index >= 15 is 0 Å². The highest BCUT2D eigenvalue weighted by Gasteiger charge is 2.17. The molecule has 1 amide bonds. The quantitative estimate of drug-likeness (QED) is 0.222. The van der Waals surface area contributed by atoms with E-state index in [4.69, 9.17) is 28.2 Å². The number of nitrogens with zero attached hydrogens (tertiary/aromatic N) is 2. The number of hydrogen-bond acceptors (Lipinski definition) is 4. The number of nitrogens with one attached hydrogen (secondary N) is 2. The number of benzene rings is 2. The monoisotopic (exact) mass is 500 g/mol. The molecule has 170 valence electrons. The van der Waals surface area contributed by atoms with Crippen molar-refractivity contribution < 1.29 is 4.79 Å². The number of hydrogen-bond donors (Lipinski definition) is 2. The number of thioether (sulfide) groups is 1. The molecule has 4 aromatic rings. The van der Waals surface area contributed by atoms with Gasteiger partial charge in [0, 0.05) is 24.0 Å². The van der Waals surface area contributed by atoms with Crippen LogP contribution in [0.4, 0.5) is 5.69 Å². The summed E-state index contributed by atoms with van der Waals surface area (Å²) in [5.41, 5.74) is 3.31. The standard InChI is InChI=1S/C24H22Cl2N4O2S/c1-2-3-11-30-23(32)22-21(17(13-27-22)15-7-5-4-6-8-15)29-24(30)33-14-20(31)28-16-9-10-18(25)19(26)12-16/h4-10,12-13,27H,2-3,11,14H2,1H3,(H,28,31). The molecule has 0 aliphatic carbocycles. The number of unbranched alkanes of at least 4 members (excludes halogenated alkanes) is 1. The zero-order valence-electron chi connectivity index (χ0n) is 17.9. The van der Waals surface area contributed by atoms with Crippen LogP contribution in [0.2, 0.25) is 10.0 Å². The van der Waals surface area contributed by atoms with Gasteiger partial charge in [-0.1, -0.05) is 78.6 Å². The van der Waals surface area contributed by atoms with Crippen LogP contribution in [0, 0.1) is 0 Å². The van der Waals surface area contributed by atoms with Gasteiger partial charge in [-0.3, -0.25) is 14.2 Å². The topological polar surface area (TPSA) is 79.8 Å². The molecule has 0 radical (unpaired) electrons. The van der Waals surface area contributed by atoms with E-state index in [1.165, 1.54) is 11.8 Å². The van der Waals surface area contributed by atoms with Crippen LogP contribution >= 0.6 is 35.0 Å². The van der Waals surface area contributed by atoms with E-state index in [1.54, 1.807) is 22.8 Å². The van der Waals surface area contributed by atoms with Crippen LogP contribution in [-0.2, 0) is 11.3 Å². The Kier molecular flexibility index (Phi) is 7.42. The fourth-order valence-corrected chi connectivity index (χ4v) is 4.55. The number of aromatic nitrogens is 3. The number of carbonyl (C=O) groups excluding carboxylic acids is 1. The first-order chi connectivity index (χ1) is 16.0. The Balaban J connectivity index is 1.63. The molecule has 0 unspecified atom stereocenters. The fourth-order valence-electron chi connectivity index (χ4n) is 3.44. The summed E-state index contributed by atoms with van der Waals surface area (Å²) >= 11 is 13.2. The maximum atomic E-state index is 13.3. The summed E-state index contributed by atoms with van der Waals surface area (Å²) in [6.45, 7) is 2.60. The average Bonchev–Trinajstić information content (AvgIpc) is 3.24. The second-order valence-corrected chi connectivity index (χ2v) is 9.22. The summed E-state index contributed by atoms with van der Waals surface area (Å²) in [7, 11) is 0. The summed E-state index contributed by atoms with van der Waals surface area (Å²) in [5.74, 6) is -0.137. The smallest absolute Gasteiger partial charge is 0.278 e. The molecule has 0 saturated heterocycles. The van der Waals surface area contributed by atoms with Gasteiger partial charge in [-0.05, 0) is 30.2 Å². The minimum absolute atomic E-state index is 0.0927. The molecule has 0 saturated carbocycles. The normalized spacial score (nSPS) is 11.1. The predicted octanol–water partition coefficient (Wildman–Crippen LogP) is 6.23. The number of halogens is 2. The van der Waals surface area contributed by atoms with Crippen molar-refractivity contribution in [2.75, 3.05) is 11.1 Å². The lowest BCUT2D eigenvalue weighted by atomic mass is 10.1. The van der Waals surface area contributed by atoms with Gasteiger partial charge in [0.05, 0.1) is 15.8 Å². The first-order valence-corrected chi connectivity index (χ1v) is 12.3. The summed E-state index contributed by atoms with van der Waals surface area (Å²) in [5, 5.41) is 4.10. The first kappa shape index (κ1) is 23.4. The molecule has 2 aromatic heterocycles. The van der Waals surface area contributed by atoms with Gasteiger partial charge in [-0.25, -0.2) is 4.98 Å². The molecule has 4 rings (SSSR count). The van der Waals surface area contributed by atoms with Crippen LogP contribution in [0.15, 0.2) is 64.7 Å². The van der Waals surface area contributed by atoms with Crippen molar-refractivity contribution in [2.24, 2.45) is 0 Å². The van der Waals surface area contributed by atoms with Gasteiger partial charge in [0.2, 0.25) is 5.91 Å². The molecular formula is C24H22Cl2N4O2S. The minimum Gasteiger partial charge on any atom is -0.355 e. The second kappa shape index (κ2) is 10.5. The van der Waals surface area contributed by atoms with E-state index in [0.29, 0.717) is 38.5 Å². The van der Waals surface area contributed by atoms with E-state index < -0.39 is 0 Å². The van der Waals surface area contributed by atoms with Crippen LogP contribution in [0.5, 0.6) is 0 Å². The van der Waals surface area contributed by atoms with Gasteiger partial charge in [0.1, 0.15) is 11.0 Å². The highest BCUT2D eigenvalue weighted by molar-refractivity contribution is 7.99. The Labute approximate surface area is 205 Å². The number of H-pyrrole nitrogens is 1. The lowest BCUT2D eigenvalue weighted by Gasteiger charge is -2.12. The zero-order valence-corrected chi connectivity index (χ0v) is 20.2. The third-order valence-electron chi connectivity index (χ3n) is 5.11. The molecule has 2 heterocycles. The van der Waals surface area contributed by atoms with Gasteiger partial charge in [-0.15, -0.1) is 0 Å². The Hall–Kier alpha value is -2.74. The summed E-state index contributed by atoms with van der Waals surface area (Å²) in [6, 6.07) is 14.7. The molecule has 2 aromatic carbocycles. The number of amides is 1. The molecule has 6 nitrogen and oxygen atoms in total. The highest BCUT2D eigenvalue weighted by Crippen LogP contribution is 2.28. The van der Waals surface area contributed by atoms with Gasteiger partial charge in [0.15, 0.2) is 5.16 Å². The maximum Gasteiger partial charge on any atom is 0.278 e. The van der Waals surface area contributed by atoms with E-state index in [9.17, 15) is 9.59 Å². The van der Waals surface area contributed by atoms with Crippen LogP contribution in [0.25, 0.3) is 22.2 Å². The predicted molar refractivity (Wildman–Crippen MR) is 137 cm³/mol. The minimum atomic E-state index is -0.230. The molecule has 0 aliphatic heterocycles. The summed E-state index contributed by atoms with van der Waals surface area (Å²) in [4.78, 5) is 33.7. The average molecular weight is 501 g/mol. The summed E-state index contributed by atoms with van der Waals surface area (Å²) < 4.78 is 1.65. The van der Waals surface area contributed by atoms with Crippen LogP contribution in [0.1, 0.15) is 19.8 Å². The van der Waals surface area contributed by atoms with E-state index in [0.717, 1.165) is 24.0 Å². The lowest BCUT2D eigenvalue weighted by molar-refractivity contribution is -0.113. The molecular weight excluding hydrogens is 479 g/mol. The Morgan fingerprint density at radius 3 is 2.67 bits per heavy atom. The number of aromatic amines is 1. The Bertz CT molecular complexity index is 1350. The Morgan fingerprint density at radius 1 is 1.15 bits per heavy atom. The van der Waals surface area contributed by atoms with E-state index in [-0.39, 0.29) is 17.2 Å². The van der Waals surface area contributed by atoms with Gasteiger partial charge >= 0.3 is 0 Å². The SMILES string of the molecule is CCCCn1c(SCC(=O)Nc2ccc(Cl)c(Cl)c2)nc2c(-c3ccccc3)c[nH]c2c1=O. The molecule has 0 spiro atoms. The van der Waals surface area contributed by atoms with Crippen LogP contribution in [-0.4, -0.2) is 26.2 Å². The lowest BCUT2D eigenvalue weighted by Crippen LogP contribution is -2.24. The van der Waals surface area contributed by atoms with Crippen molar-refractivity contribution >= 4 is 57.6 Å². The molecule has 0 bridgehead atoms. The number of carbonyl (C=O) groups is 1. The van der Waals surface area contributed by atoms with Crippen molar-refractivity contribution in [3.05, 3.63) is 75.1 Å². The fraction of sp³-hybridized carbons (Fsp3) is 0.208. The van der Waals surface area contributed by atoms with Gasteiger partial charge in [0.25, 0.3) is 5.56 Å². The number of rotatable bonds is 8. The van der Waals surface area contributed by atoms with Crippen molar-refractivity contribution in [1.29, 1.82) is 0 Å². The van der Waals surface area contributed by atoms with E-state index in [2.05, 4.69) is 17.2 Å². The van der Waals surface area contributed by atoms with Gasteiger partial charge in [-0.2, -0.15) is 0 Å². The van der Waals surface area contributed by atoms with Crippen molar-refractivity contribution in [1.82, 2.24) is 14.5 Å². The number of anilines is 1. The van der Waals surface area contributed by atoms with E-state index in [1.807, 2.05) is 36.5 Å². The van der Waals surface area contributed by atoms with Gasteiger partial charge < -0.3 is 10.3 Å². The molecule has 0 atom stereocenters. The zero-order chi connectivity index (χ0) is 23.4. The number of fused-ring (bicyclic) bond motifs is 1.